The van der Waals surface area contributed by atoms with Crippen molar-refractivity contribution in [3.8, 4) is 5.75 Å². The summed E-state index contributed by atoms with van der Waals surface area (Å²) in [7, 11) is -2.60. The Morgan fingerprint density at radius 2 is 2.10 bits per heavy atom. The van der Waals surface area contributed by atoms with E-state index in [0.717, 1.165) is 21.2 Å². The molecule has 0 amide bonds. The molecule has 1 N–H and O–H groups in total. The van der Waals surface area contributed by atoms with Gasteiger partial charge in [-0.3, -0.25) is 4.55 Å². The second-order valence-electron chi connectivity index (χ2n) is 5.64. The van der Waals surface area contributed by atoms with E-state index in [2.05, 4.69) is 0 Å². The predicted molar refractivity (Wildman–Crippen MR) is 78.5 cm³/mol. The maximum Gasteiger partial charge on any atom is 0.336 e. The van der Waals surface area contributed by atoms with Crippen molar-refractivity contribution in [2.75, 3.05) is 13.7 Å². The van der Waals surface area contributed by atoms with Crippen LogP contribution in [0.2, 0.25) is 0 Å². The monoisotopic (exact) mass is 315 g/mol. The summed E-state index contributed by atoms with van der Waals surface area (Å²) >= 11 is 0. The first-order chi connectivity index (χ1) is 9.70. The second kappa shape index (κ2) is 5.57. The first-order valence-corrected chi connectivity index (χ1v) is 8.15. The van der Waals surface area contributed by atoms with Crippen molar-refractivity contribution in [1.82, 2.24) is 4.31 Å². The molecule has 7 heteroatoms. The summed E-state index contributed by atoms with van der Waals surface area (Å²) in [6.07, 6.45) is -0.369. The number of benzene rings is 1. The molecule has 0 spiro atoms. The molecule has 0 bridgehead atoms. The van der Waals surface area contributed by atoms with E-state index >= 15 is 0 Å². The number of rotatable bonds is 5. The molecule has 0 saturated heterocycles. The molecule has 21 heavy (non-hydrogen) atoms. The zero-order chi connectivity index (χ0) is 15.8. The smallest absolute Gasteiger partial charge is 0.336 e. The van der Waals surface area contributed by atoms with Gasteiger partial charge in [0, 0.05) is 25.8 Å². The molecule has 1 unspecified atom stereocenters. The fourth-order valence-electron chi connectivity index (χ4n) is 2.57. The lowest BCUT2D eigenvalue weighted by molar-refractivity contribution is -0.0779. The first kappa shape index (κ1) is 16.2. The van der Waals surface area contributed by atoms with Gasteiger partial charge in [0.2, 0.25) is 6.29 Å². The van der Waals surface area contributed by atoms with Crippen LogP contribution in [0.15, 0.2) is 18.2 Å². The van der Waals surface area contributed by atoms with Gasteiger partial charge in [-0.25, -0.2) is 0 Å². The highest BCUT2D eigenvalue weighted by Crippen LogP contribution is 2.43. The first-order valence-electron chi connectivity index (χ1n) is 6.75. The number of nitrogens with zero attached hydrogens (tertiary/aromatic N) is 1. The van der Waals surface area contributed by atoms with E-state index < -0.39 is 10.3 Å². The van der Waals surface area contributed by atoms with Crippen LogP contribution in [0.3, 0.4) is 0 Å². The SMILES string of the molecule is CCN(Cc1ccc2c(c1)C(C)(C)C(OC)O2)S(=O)(=O)O. The van der Waals surface area contributed by atoms with Crippen molar-refractivity contribution < 1.29 is 22.4 Å². The maximum absolute atomic E-state index is 11.3. The summed E-state index contributed by atoms with van der Waals surface area (Å²) < 4.78 is 43.8. The predicted octanol–water partition coefficient (Wildman–Crippen LogP) is 1.95. The molecule has 0 saturated carbocycles. The molecule has 1 aromatic rings. The third kappa shape index (κ3) is 3.06. The Bertz CT molecular complexity index is 626. The molecule has 118 valence electrons. The van der Waals surface area contributed by atoms with Gasteiger partial charge in [0.05, 0.1) is 5.41 Å². The van der Waals surface area contributed by atoms with Crippen molar-refractivity contribution in [2.45, 2.75) is 39.0 Å². The minimum Gasteiger partial charge on any atom is -0.464 e. The van der Waals surface area contributed by atoms with E-state index in [9.17, 15) is 8.42 Å². The van der Waals surface area contributed by atoms with Crippen LogP contribution in [-0.4, -0.2) is 37.2 Å². The van der Waals surface area contributed by atoms with Gasteiger partial charge in [-0.05, 0) is 31.5 Å². The maximum atomic E-state index is 11.3. The van der Waals surface area contributed by atoms with Gasteiger partial charge in [-0.2, -0.15) is 12.7 Å². The van der Waals surface area contributed by atoms with E-state index in [0.29, 0.717) is 0 Å². The molecule has 1 heterocycles. The number of hydrogen-bond acceptors (Lipinski definition) is 4. The molecule has 0 fully saturated rings. The molecule has 1 atom stereocenters. The zero-order valence-corrected chi connectivity index (χ0v) is 13.5. The zero-order valence-electron chi connectivity index (χ0n) is 12.7. The van der Waals surface area contributed by atoms with Gasteiger partial charge in [0.25, 0.3) is 0 Å². The average molecular weight is 315 g/mol. The fraction of sp³-hybridized carbons (Fsp3) is 0.571. The van der Waals surface area contributed by atoms with E-state index in [4.69, 9.17) is 14.0 Å². The molecule has 1 aromatic carbocycles. The quantitative estimate of drug-likeness (QED) is 0.841. The van der Waals surface area contributed by atoms with Crippen LogP contribution in [0, 0.1) is 0 Å². The van der Waals surface area contributed by atoms with E-state index in [1.807, 2.05) is 26.0 Å². The highest BCUT2D eigenvalue weighted by Gasteiger charge is 2.42. The largest absolute Gasteiger partial charge is 0.464 e. The van der Waals surface area contributed by atoms with Gasteiger partial charge < -0.3 is 9.47 Å². The number of methoxy groups -OCH3 is 1. The molecule has 0 aliphatic carbocycles. The second-order valence-corrected chi connectivity index (χ2v) is 7.05. The molecule has 0 radical (unpaired) electrons. The van der Waals surface area contributed by atoms with Crippen molar-refractivity contribution in [1.29, 1.82) is 0 Å². The molecule has 1 aliphatic heterocycles. The summed E-state index contributed by atoms with van der Waals surface area (Å²) in [6, 6.07) is 5.51. The average Bonchev–Trinajstić information content (AvgIpc) is 2.65. The van der Waals surface area contributed by atoms with Crippen LogP contribution in [0.5, 0.6) is 5.75 Å². The van der Waals surface area contributed by atoms with Crippen molar-refractivity contribution in [3.63, 3.8) is 0 Å². The molecular weight excluding hydrogens is 294 g/mol. The number of hydrogen-bond donors (Lipinski definition) is 1. The van der Waals surface area contributed by atoms with E-state index in [1.54, 1.807) is 20.1 Å². The molecule has 6 nitrogen and oxygen atoms in total. The van der Waals surface area contributed by atoms with Crippen molar-refractivity contribution >= 4 is 10.3 Å². The Kier molecular flexibility index (Phi) is 4.30. The van der Waals surface area contributed by atoms with Gasteiger partial charge in [-0.1, -0.05) is 13.0 Å². The summed E-state index contributed by atoms with van der Waals surface area (Å²) in [5, 5.41) is 0. The Balaban J connectivity index is 2.31. The van der Waals surface area contributed by atoms with Crippen LogP contribution in [-0.2, 0) is 27.0 Å². The standard InChI is InChI=1S/C14H21NO5S/c1-5-15(21(16,17)18)9-10-6-7-12-11(8-10)14(2,3)13(19-4)20-12/h6-8,13H,5,9H2,1-4H3,(H,16,17,18). The third-order valence-corrected chi connectivity index (χ3v) is 4.85. The number of fused-ring (bicyclic) bond motifs is 1. The molecule has 2 rings (SSSR count). The minimum atomic E-state index is -4.19. The Labute approximate surface area is 125 Å². The topological polar surface area (TPSA) is 76.1 Å². The molecule has 0 aromatic heterocycles. The van der Waals surface area contributed by atoms with Crippen LogP contribution in [0.25, 0.3) is 0 Å². The normalized spacial score (nSPS) is 20.4. The van der Waals surface area contributed by atoms with Crippen molar-refractivity contribution in [2.24, 2.45) is 0 Å². The summed E-state index contributed by atoms with van der Waals surface area (Å²) in [6.45, 7) is 6.02. The highest BCUT2D eigenvalue weighted by atomic mass is 32.2. The van der Waals surface area contributed by atoms with Crippen LogP contribution in [0.1, 0.15) is 31.9 Å². The van der Waals surface area contributed by atoms with Crippen molar-refractivity contribution in [3.05, 3.63) is 29.3 Å². The Morgan fingerprint density at radius 1 is 1.43 bits per heavy atom. The minimum absolute atomic E-state index is 0.121. The Hall–Kier alpha value is -1.15. The Morgan fingerprint density at radius 3 is 2.62 bits per heavy atom. The number of ether oxygens (including phenoxy) is 2. The van der Waals surface area contributed by atoms with Gasteiger partial charge in [0.15, 0.2) is 0 Å². The summed E-state index contributed by atoms with van der Waals surface area (Å²) in [4.78, 5) is 0. The van der Waals surface area contributed by atoms with E-state index in [-0.39, 0.29) is 24.8 Å². The fourth-order valence-corrected chi connectivity index (χ4v) is 3.21. The van der Waals surface area contributed by atoms with Gasteiger partial charge >= 0.3 is 10.3 Å². The lowest BCUT2D eigenvalue weighted by atomic mass is 9.84. The van der Waals surface area contributed by atoms with Crippen LogP contribution < -0.4 is 4.74 Å². The molecule has 1 aliphatic rings. The highest BCUT2D eigenvalue weighted by molar-refractivity contribution is 7.83. The van der Waals surface area contributed by atoms with Crippen LogP contribution in [0.4, 0.5) is 0 Å². The lowest BCUT2D eigenvalue weighted by Crippen LogP contribution is -2.33. The van der Waals surface area contributed by atoms with E-state index in [1.165, 1.54) is 0 Å². The van der Waals surface area contributed by atoms with Gasteiger partial charge in [0.1, 0.15) is 5.75 Å². The van der Waals surface area contributed by atoms with Gasteiger partial charge in [-0.15, -0.1) is 0 Å². The summed E-state index contributed by atoms with van der Waals surface area (Å²) in [5.41, 5.74) is 1.44. The lowest BCUT2D eigenvalue weighted by Gasteiger charge is -2.24. The van der Waals surface area contributed by atoms with Crippen LogP contribution >= 0.6 is 0 Å². The summed E-state index contributed by atoms with van der Waals surface area (Å²) in [5.74, 6) is 0.741. The molecular formula is C14H21NO5S. The third-order valence-electron chi connectivity index (χ3n) is 3.81.